The maximum absolute atomic E-state index is 13.0. The van der Waals surface area contributed by atoms with E-state index in [4.69, 9.17) is 4.84 Å². The van der Waals surface area contributed by atoms with Gasteiger partial charge >= 0.3 is 0 Å². The van der Waals surface area contributed by atoms with Crippen LogP contribution in [0.25, 0.3) is 11.0 Å². The molecule has 1 saturated heterocycles. The first-order valence-electron chi connectivity index (χ1n) is 10.2. The number of carbonyl (C=O) groups is 1. The van der Waals surface area contributed by atoms with Crippen molar-refractivity contribution in [3.8, 4) is 0 Å². The second kappa shape index (κ2) is 8.27. The third-order valence-electron chi connectivity index (χ3n) is 5.68. The lowest BCUT2D eigenvalue weighted by molar-refractivity contribution is -0.127. The van der Waals surface area contributed by atoms with Gasteiger partial charge in [-0.25, -0.2) is 8.42 Å². The van der Waals surface area contributed by atoms with Gasteiger partial charge < -0.3 is 10.2 Å². The van der Waals surface area contributed by atoms with Crippen LogP contribution in [-0.2, 0) is 14.8 Å². The Morgan fingerprint density at radius 3 is 2.79 bits per heavy atom. The number of amides is 1. The van der Waals surface area contributed by atoms with Gasteiger partial charge in [0.1, 0.15) is 11.0 Å². The molecule has 0 unspecified atom stereocenters. The number of hydrogen-bond acceptors (Lipinski definition) is 6. The first-order valence-corrected chi connectivity index (χ1v) is 11.7. The molecule has 2 aliphatic rings. The Bertz CT molecular complexity index is 984. The molecule has 4 rings (SSSR count). The molecule has 0 spiro atoms. The Kier molecular flexibility index (Phi) is 5.73. The van der Waals surface area contributed by atoms with Gasteiger partial charge in [0.15, 0.2) is 6.61 Å². The number of piperidine rings is 1. The summed E-state index contributed by atoms with van der Waals surface area (Å²) in [5, 5.41) is 10.8. The molecule has 1 aliphatic carbocycles. The van der Waals surface area contributed by atoms with Crippen LogP contribution in [0.4, 0.5) is 0 Å². The zero-order chi connectivity index (χ0) is 20.4. The molecule has 2 heterocycles. The van der Waals surface area contributed by atoms with Gasteiger partial charge in [0, 0.05) is 19.1 Å². The molecule has 1 aliphatic heterocycles. The molecule has 9 nitrogen and oxygen atoms in total. The molecular weight excluding hydrogens is 394 g/mol. The van der Waals surface area contributed by atoms with Crippen LogP contribution in [0.15, 0.2) is 23.1 Å². The Morgan fingerprint density at radius 2 is 2.03 bits per heavy atom. The number of nitrogens with zero attached hydrogens (tertiary/aromatic N) is 4. The predicted molar refractivity (Wildman–Crippen MR) is 107 cm³/mol. The summed E-state index contributed by atoms with van der Waals surface area (Å²) < 4.78 is 27.6. The smallest absolute Gasteiger partial charge is 0.260 e. The van der Waals surface area contributed by atoms with E-state index in [0.29, 0.717) is 30.0 Å². The van der Waals surface area contributed by atoms with Crippen molar-refractivity contribution in [1.29, 1.82) is 0 Å². The van der Waals surface area contributed by atoms with Crippen molar-refractivity contribution in [3.05, 3.63) is 18.2 Å². The summed E-state index contributed by atoms with van der Waals surface area (Å²) >= 11 is 0. The van der Waals surface area contributed by atoms with E-state index in [0.717, 1.165) is 43.4 Å². The normalized spacial score (nSPS) is 21.5. The van der Waals surface area contributed by atoms with Gasteiger partial charge in [-0.05, 0) is 55.0 Å². The molecule has 2 aromatic rings. The number of benzene rings is 1. The van der Waals surface area contributed by atoms with Crippen LogP contribution in [-0.4, -0.2) is 59.5 Å². The Hall–Kier alpha value is -2.20. The highest BCUT2D eigenvalue weighted by Crippen LogP contribution is 2.25. The zero-order valence-corrected chi connectivity index (χ0v) is 17.4. The first-order chi connectivity index (χ1) is 13.9. The first kappa shape index (κ1) is 20.1. The Morgan fingerprint density at radius 1 is 1.24 bits per heavy atom. The average molecular weight is 422 g/mol. The van der Waals surface area contributed by atoms with E-state index < -0.39 is 10.0 Å². The molecule has 158 valence electrons. The summed E-state index contributed by atoms with van der Waals surface area (Å²) in [6, 6.07) is 4.88. The van der Waals surface area contributed by atoms with E-state index in [1.165, 1.54) is 10.4 Å². The predicted octanol–water partition coefficient (Wildman–Crippen LogP) is 1.34. The van der Waals surface area contributed by atoms with Gasteiger partial charge in [0.05, 0.1) is 4.90 Å². The molecule has 0 radical (unpaired) electrons. The summed E-state index contributed by atoms with van der Waals surface area (Å²) in [7, 11) is -3.60. The number of fused-ring (bicyclic) bond motifs is 1. The van der Waals surface area contributed by atoms with Crippen molar-refractivity contribution in [2.45, 2.75) is 56.4 Å². The van der Waals surface area contributed by atoms with Crippen molar-refractivity contribution in [3.63, 3.8) is 0 Å². The molecule has 1 aromatic carbocycles. The van der Waals surface area contributed by atoms with Crippen LogP contribution in [0.3, 0.4) is 0 Å². The van der Waals surface area contributed by atoms with E-state index in [2.05, 4.69) is 22.6 Å². The third-order valence-corrected chi connectivity index (χ3v) is 7.54. The highest BCUT2D eigenvalue weighted by Gasteiger charge is 2.29. The topological polar surface area (TPSA) is 106 Å². The van der Waals surface area contributed by atoms with E-state index in [1.807, 2.05) is 0 Å². The van der Waals surface area contributed by atoms with Crippen LogP contribution < -0.4 is 10.2 Å². The summed E-state index contributed by atoms with van der Waals surface area (Å²) in [6.45, 7) is 2.92. The van der Waals surface area contributed by atoms with Gasteiger partial charge in [0.2, 0.25) is 10.0 Å². The van der Waals surface area contributed by atoms with Crippen LogP contribution in [0.1, 0.15) is 45.4 Å². The Balaban J connectivity index is 1.49. The lowest BCUT2D eigenvalue weighted by atomic mass is 10.0. The second-order valence-electron chi connectivity index (χ2n) is 8.05. The van der Waals surface area contributed by atoms with Crippen LogP contribution in [0.2, 0.25) is 0 Å². The van der Waals surface area contributed by atoms with E-state index in [9.17, 15) is 13.2 Å². The molecule has 10 heteroatoms. The van der Waals surface area contributed by atoms with Crippen molar-refractivity contribution >= 4 is 27.0 Å². The molecule has 2 fully saturated rings. The van der Waals surface area contributed by atoms with Crippen molar-refractivity contribution in [2.24, 2.45) is 5.92 Å². The quantitative estimate of drug-likeness (QED) is 0.754. The summed E-state index contributed by atoms with van der Waals surface area (Å²) in [5.41, 5.74) is 0.928. The molecule has 0 bridgehead atoms. The fourth-order valence-electron chi connectivity index (χ4n) is 4.11. The molecule has 1 aromatic heterocycles. The highest BCUT2D eigenvalue weighted by atomic mass is 32.2. The van der Waals surface area contributed by atoms with E-state index in [1.54, 1.807) is 12.1 Å². The Labute approximate surface area is 170 Å². The number of rotatable bonds is 6. The molecule has 29 heavy (non-hydrogen) atoms. The van der Waals surface area contributed by atoms with Crippen LogP contribution >= 0.6 is 0 Å². The van der Waals surface area contributed by atoms with Crippen LogP contribution in [0, 0.1) is 5.92 Å². The molecule has 1 N–H and O–H groups in total. The molecule has 1 atom stereocenters. The number of nitrogens with one attached hydrogen (secondary N) is 1. The van der Waals surface area contributed by atoms with E-state index in [-0.39, 0.29) is 23.5 Å². The van der Waals surface area contributed by atoms with Gasteiger partial charge in [-0.3, -0.25) is 4.79 Å². The maximum Gasteiger partial charge on any atom is 0.260 e. The van der Waals surface area contributed by atoms with Crippen LogP contribution in [0.5, 0.6) is 0 Å². The number of sulfonamides is 1. The third kappa shape index (κ3) is 4.37. The van der Waals surface area contributed by atoms with Gasteiger partial charge in [-0.15, -0.1) is 5.10 Å². The van der Waals surface area contributed by atoms with E-state index >= 15 is 0 Å². The number of aromatic nitrogens is 3. The summed E-state index contributed by atoms with van der Waals surface area (Å²) in [6.07, 6.45) is 6.15. The molecular formula is C19H27N5O4S. The van der Waals surface area contributed by atoms with Crippen molar-refractivity contribution in [2.75, 3.05) is 19.7 Å². The fourth-order valence-corrected chi connectivity index (χ4v) is 5.73. The summed E-state index contributed by atoms with van der Waals surface area (Å²) in [5.74, 6) is 0.128. The lowest BCUT2D eigenvalue weighted by Gasteiger charge is -2.30. The van der Waals surface area contributed by atoms with Gasteiger partial charge in [-0.2, -0.15) is 4.31 Å². The van der Waals surface area contributed by atoms with Crippen molar-refractivity contribution < 1.29 is 18.0 Å². The lowest BCUT2D eigenvalue weighted by Crippen LogP contribution is -2.39. The molecule has 1 saturated carbocycles. The SMILES string of the molecule is C[C@@H]1CCCN(S(=O)(=O)c2ccc3nnn(OCC(=O)NC4CCCC4)c3c2)C1. The minimum absolute atomic E-state index is 0.182. The van der Waals surface area contributed by atoms with Gasteiger partial charge in [0.25, 0.3) is 5.91 Å². The standard InChI is InChI=1S/C19H27N5O4S/c1-14-5-4-10-23(12-14)29(26,27)16-8-9-17-18(11-16)24(22-21-17)28-13-19(25)20-15-6-2-3-7-15/h8-9,11,14-15H,2-7,10,12-13H2,1H3,(H,20,25)/t14-/m1/s1. The second-order valence-corrected chi connectivity index (χ2v) is 9.98. The van der Waals surface area contributed by atoms with Gasteiger partial charge in [-0.1, -0.05) is 24.6 Å². The largest absolute Gasteiger partial charge is 0.385 e. The molecule has 1 amide bonds. The minimum atomic E-state index is -3.60. The minimum Gasteiger partial charge on any atom is -0.385 e. The average Bonchev–Trinajstić information content (AvgIpc) is 3.35. The highest BCUT2D eigenvalue weighted by molar-refractivity contribution is 7.89. The number of carbonyl (C=O) groups excluding carboxylic acids is 1. The zero-order valence-electron chi connectivity index (χ0n) is 16.6. The monoisotopic (exact) mass is 421 g/mol. The fraction of sp³-hybridized carbons (Fsp3) is 0.632. The van der Waals surface area contributed by atoms with Crippen molar-refractivity contribution in [1.82, 2.24) is 24.8 Å². The number of hydrogen-bond donors (Lipinski definition) is 1. The maximum atomic E-state index is 13.0. The summed E-state index contributed by atoms with van der Waals surface area (Å²) in [4.78, 5) is 18.9.